The van der Waals surface area contributed by atoms with Crippen molar-refractivity contribution in [3.8, 4) is 0 Å². The number of aryl methyl sites for hydroxylation is 1. The summed E-state index contributed by atoms with van der Waals surface area (Å²) in [6, 6.07) is 10.1. The molecule has 0 heterocycles. The van der Waals surface area contributed by atoms with Gasteiger partial charge in [0.2, 0.25) is 0 Å². The van der Waals surface area contributed by atoms with Gasteiger partial charge < -0.3 is 0 Å². The Kier molecular flexibility index (Phi) is 4.52. The van der Waals surface area contributed by atoms with E-state index in [9.17, 15) is 18.0 Å². The van der Waals surface area contributed by atoms with Crippen molar-refractivity contribution in [1.82, 2.24) is 0 Å². The molecule has 1 nitrogen and oxygen atoms in total. The Balaban J connectivity index is 2.23. The summed E-state index contributed by atoms with van der Waals surface area (Å²) in [4.78, 5) is 12.2. The zero-order valence-electron chi connectivity index (χ0n) is 11.2. The lowest BCUT2D eigenvalue weighted by Gasteiger charge is -2.09. The Morgan fingerprint density at radius 2 is 1.86 bits per heavy atom. The minimum Gasteiger partial charge on any atom is -0.294 e. The smallest absolute Gasteiger partial charge is 0.294 e. The van der Waals surface area contributed by atoms with E-state index in [0.29, 0.717) is 11.1 Å². The Labute approximate surface area is 128 Å². The van der Waals surface area contributed by atoms with Crippen LogP contribution in [0.2, 0.25) is 0 Å². The van der Waals surface area contributed by atoms with Gasteiger partial charge >= 0.3 is 6.18 Å². The van der Waals surface area contributed by atoms with Crippen molar-refractivity contribution in [2.75, 3.05) is 0 Å². The van der Waals surface area contributed by atoms with Crippen LogP contribution in [0.5, 0.6) is 0 Å². The van der Waals surface area contributed by atoms with E-state index in [0.717, 1.165) is 22.2 Å². The molecule has 0 aliphatic carbocycles. The second kappa shape index (κ2) is 6.02. The van der Waals surface area contributed by atoms with Crippen LogP contribution in [0.4, 0.5) is 13.2 Å². The number of carbonyl (C=O) groups is 1. The van der Waals surface area contributed by atoms with Crippen molar-refractivity contribution in [2.24, 2.45) is 0 Å². The fourth-order valence-electron chi connectivity index (χ4n) is 2.04. The number of hydrogen-bond donors (Lipinski definition) is 0. The van der Waals surface area contributed by atoms with Crippen LogP contribution in [-0.2, 0) is 12.6 Å². The lowest BCUT2D eigenvalue weighted by atomic mass is 10.00. The maximum absolute atomic E-state index is 12.6. The third kappa shape index (κ3) is 4.17. The van der Waals surface area contributed by atoms with Gasteiger partial charge in [0.25, 0.3) is 0 Å². The first kappa shape index (κ1) is 15.8. The minimum absolute atomic E-state index is 0.0557. The van der Waals surface area contributed by atoms with Crippen molar-refractivity contribution >= 4 is 21.7 Å². The van der Waals surface area contributed by atoms with Crippen LogP contribution in [0, 0.1) is 6.92 Å². The summed E-state index contributed by atoms with van der Waals surface area (Å²) in [5.41, 5.74) is 1.02. The van der Waals surface area contributed by atoms with Gasteiger partial charge in [-0.05, 0) is 42.3 Å². The van der Waals surface area contributed by atoms with Crippen LogP contribution in [0.25, 0.3) is 0 Å². The second-order valence-electron chi connectivity index (χ2n) is 4.82. The average Bonchev–Trinajstić information content (AvgIpc) is 2.37. The standard InChI is InChI=1S/C16H12BrF3O/c1-10-5-12(9-14(17)6-10)15(21)8-11-3-2-4-13(7-11)16(18,19)20/h2-7,9H,8H2,1H3. The number of alkyl halides is 3. The van der Waals surface area contributed by atoms with Crippen LogP contribution >= 0.6 is 15.9 Å². The zero-order valence-corrected chi connectivity index (χ0v) is 12.8. The molecule has 0 aliphatic rings. The predicted octanol–water partition coefficient (Wildman–Crippen LogP) is 5.20. The Hall–Kier alpha value is -1.62. The molecule has 2 rings (SSSR count). The van der Waals surface area contributed by atoms with E-state index < -0.39 is 11.7 Å². The molecule has 110 valence electrons. The molecule has 0 radical (unpaired) electrons. The Bertz CT molecular complexity index is 657. The van der Waals surface area contributed by atoms with Gasteiger partial charge in [0, 0.05) is 16.5 Å². The molecule has 2 aromatic carbocycles. The van der Waals surface area contributed by atoms with Crippen molar-refractivity contribution in [3.63, 3.8) is 0 Å². The highest BCUT2D eigenvalue weighted by atomic mass is 79.9. The molecular weight excluding hydrogens is 345 g/mol. The molecule has 0 N–H and O–H groups in total. The van der Waals surface area contributed by atoms with Crippen LogP contribution in [0.15, 0.2) is 46.9 Å². The third-order valence-electron chi connectivity index (χ3n) is 2.98. The molecule has 0 unspecified atom stereocenters. The average molecular weight is 357 g/mol. The fraction of sp³-hybridized carbons (Fsp3) is 0.188. The monoisotopic (exact) mass is 356 g/mol. The van der Waals surface area contributed by atoms with Crippen LogP contribution in [-0.4, -0.2) is 5.78 Å². The molecule has 5 heteroatoms. The molecular formula is C16H12BrF3O. The largest absolute Gasteiger partial charge is 0.416 e. The molecule has 0 saturated carbocycles. The molecule has 0 aromatic heterocycles. The number of benzene rings is 2. The molecule has 0 aliphatic heterocycles. The number of hydrogen-bond acceptors (Lipinski definition) is 1. The summed E-state index contributed by atoms with van der Waals surface area (Å²) in [7, 11) is 0. The van der Waals surface area contributed by atoms with Crippen molar-refractivity contribution < 1.29 is 18.0 Å². The molecule has 0 fully saturated rings. The van der Waals surface area contributed by atoms with Crippen LogP contribution in [0.3, 0.4) is 0 Å². The van der Waals surface area contributed by atoms with Crippen molar-refractivity contribution in [1.29, 1.82) is 0 Å². The SMILES string of the molecule is Cc1cc(Br)cc(C(=O)Cc2cccc(C(F)(F)F)c2)c1. The van der Waals surface area contributed by atoms with E-state index in [-0.39, 0.29) is 12.2 Å². The summed E-state index contributed by atoms with van der Waals surface area (Å²) in [5.74, 6) is -0.210. The van der Waals surface area contributed by atoms with Gasteiger partial charge in [-0.3, -0.25) is 4.79 Å². The van der Waals surface area contributed by atoms with Gasteiger partial charge in [-0.1, -0.05) is 34.1 Å². The summed E-state index contributed by atoms with van der Waals surface area (Å²) in [6.07, 6.45) is -4.45. The summed E-state index contributed by atoms with van der Waals surface area (Å²) in [6.45, 7) is 1.85. The van der Waals surface area contributed by atoms with Crippen molar-refractivity contribution in [2.45, 2.75) is 19.5 Å². The minimum atomic E-state index is -4.40. The summed E-state index contributed by atoms with van der Waals surface area (Å²) >= 11 is 3.30. The number of rotatable bonds is 3. The van der Waals surface area contributed by atoms with Gasteiger partial charge in [-0.25, -0.2) is 0 Å². The molecule has 0 saturated heterocycles. The number of carbonyl (C=O) groups excluding carboxylic acids is 1. The number of halogens is 4. The first-order chi connectivity index (χ1) is 9.75. The number of ketones is 1. The van der Waals surface area contributed by atoms with Gasteiger partial charge in [0.15, 0.2) is 5.78 Å². The molecule has 0 atom stereocenters. The lowest BCUT2D eigenvalue weighted by molar-refractivity contribution is -0.137. The predicted molar refractivity (Wildman–Crippen MR) is 78.4 cm³/mol. The second-order valence-corrected chi connectivity index (χ2v) is 5.73. The third-order valence-corrected chi connectivity index (χ3v) is 3.44. The van der Waals surface area contributed by atoms with E-state index in [1.54, 1.807) is 12.1 Å². The first-order valence-corrected chi connectivity index (χ1v) is 7.01. The fourth-order valence-corrected chi connectivity index (χ4v) is 2.65. The lowest BCUT2D eigenvalue weighted by Crippen LogP contribution is -2.08. The highest BCUT2D eigenvalue weighted by molar-refractivity contribution is 9.10. The molecule has 0 bridgehead atoms. The number of Topliss-reactive ketones (excluding diaryl/α,β-unsaturated/α-hetero) is 1. The van der Waals surface area contributed by atoms with Crippen LogP contribution < -0.4 is 0 Å². The van der Waals surface area contributed by atoms with E-state index in [2.05, 4.69) is 15.9 Å². The van der Waals surface area contributed by atoms with E-state index in [4.69, 9.17) is 0 Å². The maximum Gasteiger partial charge on any atom is 0.416 e. The van der Waals surface area contributed by atoms with E-state index in [1.807, 2.05) is 13.0 Å². The van der Waals surface area contributed by atoms with Gasteiger partial charge in [0.05, 0.1) is 5.56 Å². The highest BCUT2D eigenvalue weighted by Crippen LogP contribution is 2.29. The van der Waals surface area contributed by atoms with Crippen molar-refractivity contribution in [3.05, 3.63) is 69.2 Å². The van der Waals surface area contributed by atoms with Crippen LogP contribution in [0.1, 0.15) is 27.0 Å². The van der Waals surface area contributed by atoms with E-state index in [1.165, 1.54) is 12.1 Å². The molecule has 0 amide bonds. The van der Waals surface area contributed by atoms with Gasteiger partial charge in [0.1, 0.15) is 0 Å². The summed E-state index contributed by atoms with van der Waals surface area (Å²) in [5, 5.41) is 0. The quantitative estimate of drug-likeness (QED) is 0.690. The normalized spacial score (nSPS) is 11.5. The first-order valence-electron chi connectivity index (χ1n) is 6.22. The van der Waals surface area contributed by atoms with E-state index >= 15 is 0 Å². The molecule has 2 aromatic rings. The summed E-state index contributed by atoms with van der Waals surface area (Å²) < 4.78 is 38.7. The highest BCUT2D eigenvalue weighted by Gasteiger charge is 2.30. The molecule has 0 spiro atoms. The van der Waals surface area contributed by atoms with Gasteiger partial charge in [-0.15, -0.1) is 0 Å². The topological polar surface area (TPSA) is 17.1 Å². The van der Waals surface area contributed by atoms with Gasteiger partial charge in [-0.2, -0.15) is 13.2 Å². The Morgan fingerprint density at radius 3 is 2.48 bits per heavy atom. The Morgan fingerprint density at radius 1 is 1.14 bits per heavy atom. The zero-order chi connectivity index (χ0) is 15.6. The maximum atomic E-state index is 12.6. The molecule has 21 heavy (non-hydrogen) atoms.